The molecule has 110 valence electrons. The topological polar surface area (TPSA) is 12.0 Å². The summed E-state index contributed by atoms with van der Waals surface area (Å²) < 4.78 is 0. The summed E-state index contributed by atoms with van der Waals surface area (Å²) in [6, 6.07) is 9.62. The predicted molar refractivity (Wildman–Crippen MR) is 88.1 cm³/mol. The quantitative estimate of drug-likeness (QED) is 0.748. The van der Waals surface area contributed by atoms with Crippen LogP contribution in [0.25, 0.3) is 0 Å². The number of rotatable bonds is 4. The van der Waals surface area contributed by atoms with Crippen LogP contribution in [0.5, 0.6) is 0 Å². The maximum atomic E-state index is 3.48. The fraction of sp³-hybridized carbons (Fsp3) is 0.579. The minimum Gasteiger partial charge on any atom is -0.313 e. The summed E-state index contributed by atoms with van der Waals surface area (Å²) in [6.07, 6.45) is 8.91. The average molecular weight is 271 g/mol. The van der Waals surface area contributed by atoms with E-state index >= 15 is 0 Å². The first kappa shape index (κ1) is 15.3. The Morgan fingerprint density at radius 2 is 1.80 bits per heavy atom. The van der Waals surface area contributed by atoms with E-state index in [-0.39, 0.29) is 5.41 Å². The van der Waals surface area contributed by atoms with Gasteiger partial charge in [0, 0.05) is 6.04 Å². The van der Waals surface area contributed by atoms with Crippen LogP contribution < -0.4 is 5.32 Å². The Morgan fingerprint density at radius 1 is 1.10 bits per heavy atom. The molecule has 1 aliphatic carbocycles. The van der Waals surface area contributed by atoms with Gasteiger partial charge in [-0.25, -0.2) is 0 Å². The molecule has 20 heavy (non-hydrogen) atoms. The van der Waals surface area contributed by atoms with Gasteiger partial charge in [-0.3, -0.25) is 0 Å². The average Bonchev–Trinajstić information content (AvgIpc) is 2.45. The van der Waals surface area contributed by atoms with Gasteiger partial charge in [0.2, 0.25) is 0 Å². The lowest BCUT2D eigenvalue weighted by molar-refractivity contribution is 0.556. The van der Waals surface area contributed by atoms with E-state index in [2.05, 4.69) is 63.5 Å². The number of benzene rings is 1. The molecule has 0 spiro atoms. The highest BCUT2D eigenvalue weighted by Gasteiger charge is 2.16. The fourth-order valence-electron chi connectivity index (χ4n) is 2.95. The highest BCUT2D eigenvalue weighted by Crippen LogP contribution is 2.29. The Hall–Kier alpha value is -1.08. The van der Waals surface area contributed by atoms with Crippen LogP contribution in [0.4, 0.5) is 0 Å². The van der Waals surface area contributed by atoms with Gasteiger partial charge in [-0.2, -0.15) is 0 Å². The van der Waals surface area contributed by atoms with Crippen molar-refractivity contribution in [1.82, 2.24) is 5.32 Å². The number of nitrogens with one attached hydrogen (secondary N) is 1. The number of hydrogen-bond acceptors (Lipinski definition) is 1. The van der Waals surface area contributed by atoms with Crippen molar-refractivity contribution in [3.63, 3.8) is 0 Å². The van der Waals surface area contributed by atoms with E-state index in [1.165, 1.54) is 36.8 Å². The molecule has 1 atom stereocenters. The van der Waals surface area contributed by atoms with Crippen LogP contribution in [0, 0.1) is 0 Å². The standard InChI is InChI=1S/C19H29N/c1-19(2,3)17-12-10-16(11-13-17)18(20-4)14-15-8-6-5-7-9-15/h8,10-13,18,20H,5-7,9,14H2,1-4H3. The van der Waals surface area contributed by atoms with Gasteiger partial charge in [0.1, 0.15) is 0 Å². The van der Waals surface area contributed by atoms with Crippen molar-refractivity contribution in [2.24, 2.45) is 0 Å². The Kier molecular flexibility index (Phi) is 5.04. The van der Waals surface area contributed by atoms with E-state index in [0.717, 1.165) is 6.42 Å². The lowest BCUT2D eigenvalue weighted by Crippen LogP contribution is -2.18. The Bertz CT molecular complexity index is 448. The van der Waals surface area contributed by atoms with Crippen LogP contribution in [0.2, 0.25) is 0 Å². The second-order valence-corrected chi connectivity index (χ2v) is 7.03. The third-order valence-electron chi connectivity index (χ3n) is 4.38. The normalized spacial score (nSPS) is 17.7. The molecule has 1 unspecified atom stereocenters. The zero-order valence-electron chi connectivity index (χ0n) is 13.5. The van der Waals surface area contributed by atoms with Crippen molar-refractivity contribution < 1.29 is 0 Å². The molecule has 0 aromatic heterocycles. The van der Waals surface area contributed by atoms with Crippen LogP contribution in [0.15, 0.2) is 35.9 Å². The molecule has 1 aromatic carbocycles. The molecule has 0 heterocycles. The van der Waals surface area contributed by atoms with Gasteiger partial charge in [-0.05, 0) is 55.7 Å². The summed E-state index contributed by atoms with van der Waals surface area (Å²) in [7, 11) is 2.08. The molecule has 0 saturated carbocycles. The minimum atomic E-state index is 0.236. The van der Waals surface area contributed by atoms with Gasteiger partial charge < -0.3 is 5.32 Å². The van der Waals surface area contributed by atoms with Crippen molar-refractivity contribution in [1.29, 1.82) is 0 Å². The summed E-state index contributed by atoms with van der Waals surface area (Å²) in [5, 5.41) is 3.48. The number of allylic oxidation sites excluding steroid dienone is 1. The largest absolute Gasteiger partial charge is 0.313 e. The lowest BCUT2D eigenvalue weighted by atomic mass is 9.85. The predicted octanol–water partition coefficient (Wildman–Crippen LogP) is 5.14. The van der Waals surface area contributed by atoms with Crippen LogP contribution >= 0.6 is 0 Å². The Morgan fingerprint density at radius 3 is 2.30 bits per heavy atom. The van der Waals surface area contributed by atoms with E-state index in [4.69, 9.17) is 0 Å². The summed E-state index contributed by atoms with van der Waals surface area (Å²) in [5.41, 5.74) is 4.69. The third-order valence-corrected chi connectivity index (χ3v) is 4.38. The molecule has 0 radical (unpaired) electrons. The summed E-state index contributed by atoms with van der Waals surface area (Å²) in [6.45, 7) is 6.80. The molecule has 0 fully saturated rings. The molecule has 0 saturated heterocycles. The molecule has 0 aliphatic heterocycles. The van der Waals surface area contributed by atoms with Gasteiger partial charge in [0.15, 0.2) is 0 Å². The highest BCUT2D eigenvalue weighted by atomic mass is 14.9. The smallest absolute Gasteiger partial charge is 0.0355 e. The van der Waals surface area contributed by atoms with Gasteiger partial charge in [0.05, 0.1) is 0 Å². The van der Waals surface area contributed by atoms with Crippen LogP contribution in [0.3, 0.4) is 0 Å². The Balaban J connectivity index is 2.09. The van der Waals surface area contributed by atoms with Crippen molar-refractivity contribution >= 4 is 0 Å². The van der Waals surface area contributed by atoms with Gasteiger partial charge in [0.25, 0.3) is 0 Å². The van der Waals surface area contributed by atoms with E-state index in [9.17, 15) is 0 Å². The summed E-state index contributed by atoms with van der Waals surface area (Å²) in [4.78, 5) is 0. The molecular weight excluding hydrogens is 242 g/mol. The number of hydrogen-bond donors (Lipinski definition) is 1. The molecule has 1 aromatic rings. The second-order valence-electron chi connectivity index (χ2n) is 7.03. The molecule has 1 heteroatoms. The van der Waals surface area contributed by atoms with Crippen molar-refractivity contribution in [3.8, 4) is 0 Å². The van der Waals surface area contributed by atoms with Gasteiger partial charge in [-0.15, -0.1) is 0 Å². The van der Waals surface area contributed by atoms with Crippen molar-refractivity contribution in [3.05, 3.63) is 47.0 Å². The van der Waals surface area contributed by atoms with Crippen LogP contribution in [-0.2, 0) is 5.41 Å². The van der Waals surface area contributed by atoms with Crippen LogP contribution in [-0.4, -0.2) is 7.05 Å². The van der Waals surface area contributed by atoms with Crippen LogP contribution in [0.1, 0.15) is 70.0 Å². The monoisotopic (exact) mass is 271 g/mol. The minimum absolute atomic E-state index is 0.236. The molecule has 0 amide bonds. The molecule has 1 aliphatic rings. The molecule has 0 bridgehead atoms. The molecular formula is C19H29N. The summed E-state index contributed by atoms with van der Waals surface area (Å²) >= 11 is 0. The van der Waals surface area contributed by atoms with Crippen molar-refractivity contribution in [2.75, 3.05) is 7.05 Å². The maximum Gasteiger partial charge on any atom is 0.0355 e. The second kappa shape index (κ2) is 6.58. The van der Waals surface area contributed by atoms with Crippen molar-refractivity contribution in [2.45, 2.75) is 64.3 Å². The zero-order valence-corrected chi connectivity index (χ0v) is 13.5. The fourth-order valence-corrected chi connectivity index (χ4v) is 2.95. The first-order chi connectivity index (χ1) is 9.50. The maximum absolute atomic E-state index is 3.48. The Labute approximate surface area is 124 Å². The van der Waals surface area contributed by atoms with Gasteiger partial charge >= 0.3 is 0 Å². The molecule has 1 N–H and O–H groups in total. The van der Waals surface area contributed by atoms with Gasteiger partial charge in [-0.1, -0.05) is 56.7 Å². The molecule has 1 nitrogen and oxygen atoms in total. The lowest BCUT2D eigenvalue weighted by Gasteiger charge is -2.23. The van der Waals surface area contributed by atoms with E-state index in [0.29, 0.717) is 6.04 Å². The van der Waals surface area contributed by atoms with E-state index in [1.54, 1.807) is 5.57 Å². The zero-order chi connectivity index (χ0) is 14.6. The van der Waals surface area contributed by atoms with E-state index < -0.39 is 0 Å². The summed E-state index contributed by atoms with van der Waals surface area (Å²) in [5.74, 6) is 0. The SMILES string of the molecule is CNC(CC1=CCCCC1)c1ccc(C(C)(C)C)cc1. The third kappa shape index (κ3) is 3.96. The van der Waals surface area contributed by atoms with E-state index in [1.807, 2.05) is 0 Å². The first-order valence-electron chi connectivity index (χ1n) is 7.96. The first-order valence-corrected chi connectivity index (χ1v) is 7.96. The molecule has 2 rings (SSSR count). The highest BCUT2D eigenvalue weighted by molar-refractivity contribution is 5.30.